The van der Waals surface area contributed by atoms with Crippen LogP contribution in [-0.2, 0) is 4.79 Å². The Bertz CT molecular complexity index is 787. The average molecular weight is 401 g/mol. The summed E-state index contributed by atoms with van der Waals surface area (Å²) in [6.07, 6.45) is 9.00. The number of hydrogen-bond donors (Lipinski definition) is 0. The van der Waals surface area contributed by atoms with Crippen LogP contribution in [0.1, 0.15) is 70.2 Å². The molecule has 1 atom stereocenters. The highest BCUT2D eigenvalue weighted by molar-refractivity contribution is 7.09. The van der Waals surface area contributed by atoms with Gasteiger partial charge in [-0.15, -0.1) is 11.3 Å². The number of carbonyl (C=O) groups is 1. The van der Waals surface area contributed by atoms with Crippen molar-refractivity contribution < 1.29 is 9.53 Å². The fourth-order valence-electron chi connectivity index (χ4n) is 3.70. The minimum atomic E-state index is -0.371. The zero-order chi connectivity index (χ0) is 19.9. The molecule has 1 amide bonds. The summed E-state index contributed by atoms with van der Waals surface area (Å²) in [4.78, 5) is 19.5. The molecule has 1 aromatic carbocycles. The van der Waals surface area contributed by atoms with Gasteiger partial charge in [-0.25, -0.2) is 4.98 Å². The van der Waals surface area contributed by atoms with Crippen LogP contribution in [0.4, 0.5) is 5.69 Å². The van der Waals surface area contributed by atoms with Crippen molar-refractivity contribution in [1.29, 1.82) is 0 Å². The first-order valence-electron chi connectivity index (χ1n) is 10.7. The predicted octanol–water partition coefficient (Wildman–Crippen LogP) is 6.37. The fourth-order valence-corrected chi connectivity index (χ4v) is 4.32. The zero-order valence-electron chi connectivity index (χ0n) is 17.4. The molecule has 5 heteroatoms. The lowest BCUT2D eigenvalue weighted by atomic mass is 10.1. The first kappa shape index (κ1) is 20.8. The van der Waals surface area contributed by atoms with E-state index in [1.807, 2.05) is 30.9 Å². The second kappa shape index (κ2) is 10.1. The number of fused-ring (bicyclic) bond motifs is 1. The Morgan fingerprint density at radius 1 is 1.11 bits per heavy atom. The van der Waals surface area contributed by atoms with Crippen LogP contribution in [0.5, 0.6) is 5.75 Å². The molecule has 0 fully saturated rings. The summed E-state index contributed by atoms with van der Waals surface area (Å²) < 4.78 is 5.98. The molecular formula is C23H32N2O2S. The smallest absolute Gasteiger partial charge is 0.268 e. The SMILES string of the molecule is CCCCCCCCCN1C(=O)C(CC)Oc2ccc(-c3csc(C)n3)cc21. The lowest BCUT2D eigenvalue weighted by Crippen LogP contribution is -2.46. The lowest BCUT2D eigenvalue weighted by molar-refractivity contribution is -0.126. The maximum absolute atomic E-state index is 13.0. The quantitative estimate of drug-likeness (QED) is 0.435. The first-order chi connectivity index (χ1) is 13.6. The maximum atomic E-state index is 13.0. The van der Waals surface area contributed by atoms with E-state index in [2.05, 4.69) is 23.4 Å². The Kier molecular flexibility index (Phi) is 7.49. The molecule has 3 rings (SSSR count). The number of unbranched alkanes of at least 4 members (excludes halogenated alkanes) is 6. The van der Waals surface area contributed by atoms with Gasteiger partial charge in [0.05, 0.1) is 16.4 Å². The van der Waals surface area contributed by atoms with E-state index in [4.69, 9.17) is 4.74 Å². The highest BCUT2D eigenvalue weighted by Crippen LogP contribution is 2.38. The van der Waals surface area contributed by atoms with Gasteiger partial charge in [0.15, 0.2) is 6.10 Å². The van der Waals surface area contributed by atoms with E-state index in [-0.39, 0.29) is 12.0 Å². The van der Waals surface area contributed by atoms with E-state index >= 15 is 0 Å². The maximum Gasteiger partial charge on any atom is 0.268 e. The van der Waals surface area contributed by atoms with Crippen LogP contribution >= 0.6 is 11.3 Å². The fraction of sp³-hybridized carbons (Fsp3) is 0.565. The van der Waals surface area contributed by atoms with E-state index in [1.54, 1.807) is 11.3 Å². The summed E-state index contributed by atoms with van der Waals surface area (Å²) in [5.41, 5.74) is 2.90. The third kappa shape index (κ3) is 4.93. The lowest BCUT2D eigenvalue weighted by Gasteiger charge is -2.34. The van der Waals surface area contributed by atoms with E-state index in [9.17, 15) is 4.79 Å². The average Bonchev–Trinajstić information content (AvgIpc) is 3.14. The molecule has 2 heterocycles. The van der Waals surface area contributed by atoms with E-state index < -0.39 is 0 Å². The molecule has 28 heavy (non-hydrogen) atoms. The number of aromatic nitrogens is 1. The summed E-state index contributed by atoms with van der Waals surface area (Å²) in [6.45, 7) is 7.02. The number of ether oxygens (including phenoxy) is 1. The largest absolute Gasteiger partial charge is 0.478 e. The number of amides is 1. The summed E-state index contributed by atoms with van der Waals surface area (Å²) in [5.74, 6) is 0.901. The van der Waals surface area contributed by atoms with Crippen molar-refractivity contribution in [2.24, 2.45) is 0 Å². The molecule has 1 unspecified atom stereocenters. The molecule has 4 nitrogen and oxygen atoms in total. The Morgan fingerprint density at radius 2 is 1.86 bits per heavy atom. The van der Waals surface area contributed by atoms with Crippen LogP contribution in [-0.4, -0.2) is 23.5 Å². The molecule has 0 bridgehead atoms. The van der Waals surface area contributed by atoms with Gasteiger partial charge in [-0.2, -0.15) is 0 Å². The molecular weight excluding hydrogens is 368 g/mol. The van der Waals surface area contributed by atoms with Crippen molar-refractivity contribution in [2.75, 3.05) is 11.4 Å². The summed E-state index contributed by atoms with van der Waals surface area (Å²) in [5, 5.41) is 3.11. The van der Waals surface area contributed by atoms with Crippen molar-refractivity contribution in [1.82, 2.24) is 4.98 Å². The van der Waals surface area contributed by atoms with Crippen molar-refractivity contribution in [3.63, 3.8) is 0 Å². The minimum absolute atomic E-state index is 0.0904. The molecule has 0 radical (unpaired) electrons. The molecule has 0 saturated heterocycles. The molecule has 1 aliphatic heterocycles. The van der Waals surface area contributed by atoms with E-state index in [0.717, 1.165) is 40.7 Å². The van der Waals surface area contributed by atoms with Gasteiger partial charge in [-0.1, -0.05) is 52.4 Å². The predicted molar refractivity (Wildman–Crippen MR) is 117 cm³/mol. The topological polar surface area (TPSA) is 42.4 Å². The van der Waals surface area contributed by atoms with Gasteiger partial charge >= 0.3 is 0 Å². The summed E-state index contributed by atoms with van der Waals surface area (Å²) in [7, 11) is 0. The van der Waals surface area contributed by atoms with Crippen molar-refractivity contribution in [3.05, 3.63) is 28.6 Å². The molecule has 2 aromatic rings. The Morgan fingerprint density at radius 3 is 2.54 bits per heavy atom. The monoisotopic (exact) mass is 400 g/mol. The molecule has 152 valence electrons. The van der Waals surface area contributed by atoms with Crippen molar-refractivity contribution >= 4 is 22.9 Å². The second-order valence-electron chi connectivity index (χ2n) is 7.56. The number of carbonyl (C=O) groups excluding carboxylic acids is 1. The van der Waals surface area contributed by atoms with Crippen molar-refractivity contribution in [3.8, 4) is 17.0 Å². The molecule has 0 saturated carbocycles. The number of nitrogens with zero attached hydrogens (tertiary/aromatic N) is 2. The number of rotatable bonds is 10. The van der Waals surface area contributed by atoms with Gasteiger partial charge in [0.1, 0.15) is 5.75 Å². The molecule has 0 N–H and O–H groups in total. The Labute approximate surface area is 172 Å². The molecule has 0 spiro atoms. The van der Waals surface area contributed by atoms with Gasteiger partial charge in [0.25, 0.3) is 5.91 Å². The van der Waals surface area contributed by atoms with Crippen LogP contribution in [0.3, 0.4) is 0 Å². The van der Waals surface area contributed by atoms with Gasteiger partial charge < -0.3 is 9.64 Å². The highest BCUT2D eigenvalue weighted by atomic mass is 32.1. The Hall–Kier alpha value is -1.88. The van der Waals surface area contributed by atoms with E-state index in [0.29, 0.717) is 6.42 Å². The van der Waals surface area contributed by atoms with Crippen molar-refractivity contribution in [2.45, 2.75) is 78.2 Å². The van der Waals surface area contributed by atoms with Crippen LogP contribution in [0, 0.1) is 6.92 Å². The molecule has 1 aromatic heterocycles. The summed E-state index contributed by atoms with van der Waals surface area (Å²) in [6, 6.07) is 6.10. The van der Waals surface area contributed by atoms with Crippen LogP contribution in [0.2, 0.25) is 0 Å². The Balaban J connectivity index is 1.72. The minimum Gasteiger partial charge on any atom is -0.478 e. The standard InChI is InChI=1S/C23H32N2O2S/c1-4-6-7-8-9-10-11-14-25-20-15-18(19-16-28-17(3)24-19)12-13-22(20)27-21(5-2)23(25)26/h12-13,15-16,21H,4-11,14H2,1-3H3. The number of anilines is 1. The van der Waals surface area contributed by atoms with Gasteiger partial charge in [-0.3, -0.25) is 4.79 Å². The van der Waals surface area contributed by atoms with Gasteiger partial charge in [0, 0.05) is 17.5 Å². The van der Waals surface area contributed by atoms with Crippen LogP contribution in [0.25, 0.3) is 11.3 Å². The number of hydrogen-bond acceptors (Lipinski definition) is 4. The molecule has 1 aliphatic rings. The summed E-state index contributed by atoms with van der Waals surface area (Å²) >= 11 is 1.64. The second-order valence-corrected chi connectivity index (χ2v) is 8.62. The third-order valence-electron chi connectivity index (χ3n) is 5.33. The number of aryl methyl sites for hydroxylation is 1. The molecule has 0 aliphatic carbocycles. The third-order valence-corrected chi connectivity index (χ3v) is 6.10. The highest BCUT2D eigenvalue weighted by Gasteiger charge is 2.33. The zero-order valence-corrected chi connectivity index (χ0v) is 18.2. The normalized spacial score (nSPS) is 16.2. The number of thiazole rings is 1. The van der Waals surface area contributed by atoms with Crippen LogP contribution < -0.4 is 9.64 Å². The van der Waals surface area contributed by atoms with E-state index in [1.165, 1.54) is 38.5 Å². The van der Waals surface area contributed by atoms with Gasteiger partial charge in [0.2, 0.25) is 0 Å². The van der Waals surface area contributed by atoms with Crippen LogP contribution in [0.15, 0.2) is 23.6 Å². The number of benzene rings is 1. The van der Waals surface area contributed by atoms with Gasteiger partial charge in [-0.05, 0) is 38.0 Å². The first-order valence-corrected chi connectivity index (χ1v) is 11.6.